The molecular formula is C30H51BrO6. The van der Waals surface area contributed by atoms with Gasteiger partial charge in [-0.05, 0) is 118 Å². The second kappa shape index (κ2) is 10.4. The molecule has 4 aliphatic heterocycles. The van der Waals surface area contributed by atoms with Crippen LogP contribution in [-0.4, -0.2) is 73.6 Å². The Morgan fingerprint density at radius 3 is 2.22 bits per heavy atom. The monoisotopic (exact) mass is 586 g/mol. The molecule has 6 nitrogen and oxygen atoms in total. The number of aliphatic hydroxyl groups is 2. The van der Waals surface area contributed by atoms with Gasteiger partial charge in [-0.1, -0.05) is 22.5 Å². The van der Waals surface area contributed by atoms with Crippen LogP contribution in [0.4, 0.5) is 0 Å². The standard InChI is InChI=1S/C30H51BrO6/c1-19(9-11-22(32)28(6)17-14-23(36-28)26(2,3)33)20-10-12-24-29(7,35-20)18-15-25(34-24)30(8)16-13-21(31)27(4,5)37-30/h20-25,32-33H,1,9-18H2,2-8H3/t20?,21?,22-,23+,24?,25?,28?,29-,30-/m0/s1. The van der Waals surface area contributed by atoms with Gasteiger partial charge < -0.3 is 29.2 Å². The summed E-state index contributed by atoms with van der Waals surface area (Å²) in [6.45, 7) is 18.6. The third kappa shape index (κ3) is 6.18. The predicted molar refractivity (Wildman–Crippen MR) is 149 cm³/mol. The van der Waals surface area contributed by atoms with Gasteiger partial charge in [-0.3, -0.25) is 0 Å². The summed E-state index contributed by atoms with van der Waals surface area (Å²) in [5.74, 6) is 0. The molecule has 4 heterocycles. The maximum Gasteiger partial charge on any atom is 0.0924 e. The van der Waals surface area contributed by atoms with Gasteiger partial charge in [0.15, 0.2) is 0 Å². The Morgan fingerprint density at radius 2 is 1.59 bits per heavy atom. The van der Waals surface area contributed by atoms with Crippen LogP contribution in [0.15, 0.2) is 12.2 Å². The van der Waals surface area contributed by atoms with Crippen LogP contribution in [0.2, 0.25) is 0 Å². The highest BCUT2D eigenvalue weighted by Crippen LogP contribution is 2.48. The number of halogens is 1. The van der Waals surface area contributed by atoms with Crippen LogP contribution in [-0.2, 0) is 18.9 Å². The summed E-state index contributed by atoms with van der Waals surface area (Å²) in [6.07, 6.45) is 7.74. The summed E-state index contributed by atoms with van der Waals surface area (Å²) >= 11 is 3.80. The van der Waals surface area contributed by atoms with Gasteiger partial charge in [0.05, 0.1) is 58.5 Å². The largest absolute Gasteiger partial charge is 0.390 e. The molecule has 0 aromatic rings. The van der Waals surface area contributed by atoms with E-state index in [1.807, 2.05) is 6.92 Å². The molecule has 5 unspecified atom stereocenters. The zero-order chi connectivity index (χ0) is 27.4. The number of rotatable bonds is 7. The van der Waals surface area contributed by atoms with Gasteiger partial charge in [0.1, 0.15) is 0 Å². The third-order valence-corrected chi connectivity index (χ3v) is 11.4. The molecule has 0 saturated carbocycles. The van der Waals surface area contributed by atoms with Crippen molar-refractivity contribution in [2.24, 2.45) is 0 Å². The zero-order valence-corrected chi connectivity index (χ0v) is 25.7. The van der Waals surface area contributed by atoms with Crippen molar-refractivity contribution in [2.75, 3.05) is 0 Å². The number of fused-ring (bicyclic) bond motifs is 1. The fourth-order valence-electron chi connectivity index (χ4n) is 7.02. The molecule has 4 saturated heterocycles. The summed E-state index contributed by atoms with van der Waals surface area (Å²) in [5.41, 5.74) is -1.34. The molecule has 0 aliphatic carbocycles. The normalized spacial score (nSPS) is 45.3. The molecule has 214 valence electrons. The van der Waals surface area contributed by atoms with E-state index in [9.17, 15) is 10.2 Å². The lowest BCUT2D eigenvalue weighted by Crippen LogP contribution is -2.62. The Kier molecular flexibility index (Phi) is 8.44. The minimum absolute atomic E-state index is 0.0235. The number of hydrogen-bond donors (Lipinski definition) is 2. The average Bonchev–Trinajstić information content (AvgIpc) is 3.22. The first-order chi connectivity index (χ1) is 17.0. The first-order valence-corrected chi connectivity index (χ1v) is 15.3. The van der Waals surface area contributed by atoms with Crippen molar-refractivity contribution in [1.29, 1.82) is 0 Å². The Balaban J connectivity index is 1.29. The summed E-state index contributed by atoms with van der Waals surface area (Å²) < 4.78 is 26.2. The van der Waals surface area contributed by atoms with E-state index in [-0.39, 0.29) is 41.2 Å². The lowest BCUT2D eigenvalue weighted by molar-refractivity contribution is -0.285. The fraction of sp³-hybridized carbons (Fsp3) is 0.933. The maximum atomic E-state index is 11.0. The number of hydrogen-bond acceptors (Lipinski definition) is 6. The van der Waals surface area contributed by atoms with Crippen LogP contribution in [0.1, 0.15) is 113 Å². The molecule has 4 rings (SSSR count). The molecule has 0 aromatic carbocycles. The van der Waals surface area contributed by atoms with Gasteiger partial charge in [0.2, 0.25) is 0 Å². The molecule has 4 aliphatic rings. The average molecular weight is 588 g/mol. The highest BCUT2D eigenvalue weighted by molar-refractivity contribution is 9.09. The number of aliphatic hydroxyl groups excluding tert-OH is 1. The van der Waals surface area contributed by atoms with Crippen LogP contribution in [0.25, 0.3) is 0 Å². The van der Waals surface area contributed by atoms with Gasteiger partial charge in [0, 0.05) is 4.83 Å². The lowest BCUT2D eigenvalue weighted by atomic mass is 9.76. The predicted octanol–water partition coefficient (Wildman–Crippen LogP) is 5.99. The first-order valence-electron chi connectivity index (χ1n) is 14.4. The second-order valence-corrected chi connectivity index (χ2v) is 15.1. The van der Waals surface area contributed by atoms with E-state index in [2.05, 4.69) is 50.2 Å². The summed E-state index contributed by atoms with van der Waals surface area (Å²) in [4.78, 5) is 0.357. The highest BCUT2D eigenvalue weighted by atomic mass is 79.9. The van der Waals surface area contributed by atoms with E-state index in [1.54, 1.807) is 13.8 Å². The molecule has 0 spiro atoms. The van der Waals surface area contributed by atoms with Crippen molar-refractivity contribution in [1.82, 2.24) is 0 Å². The van der Waals surface area contributed by atoms with Crippen LogP contribution in [0.3, 0.4) is 0 Å². The molecule has 0 amide bonds. The third-order valence-electron chi connectivity index (χ3n) is 9.84. The number of ether oxygens (including phenoxy) is 4. The Morgan fingerprint density at radius 1 is 0.946 bits per heavy atom. The SMILES string of the molecule is C=C(CC[C@H](O)C1(C)CC[C@H](C(C)(C)O)O1)C1CCC2OC([C@]3(C)CCC(Br)C(C)(C)O3)CC[C@]2(C)O1. The van der Waals surface area contributed by atoms with E-state index in [4.69, 9.17) is 18.9 Å². The van der Waals surface area contributed by atoms with Crippen molar-refractivity contribution in [3.8, 4) is 0 Å². The topological polar surface area (TPSA) is 77.4 Å². The molecule has 7 heteroatoms. The molecule has 37 heavy (non-hydrogen) atoms. The molecular weight excluding hydrogens is 536 g/mol. The smallest absolute Gasteiger partial charge is 0.0924 e. The first kappa shape index (κ1) is 30.0. The van der Waals surface area contributed by atoms with Gasteiger partial charge >= 0.3 is 0 Å². The van der Waals surface area contributed by atoms with Crippen LogP contribution in [0, 0.1) is 0 Å². The van der Waals surface area contributed by atoms with Gasteiger partial charge in [0.25, 0.3) is 0 Å². The lowest BCUT2D eigenvalue weighted by Gasteiger charge is -2.55. The molecule has 2 N–H and O–H groups in total. The summed E-state index contributed by atoms with van der Waals surface area (Å²) in [6, 6.07) is 0. The molecule has 0 bridgehead atoms. The van der Waals surface area contributed by atoms with Gasteiger partial charge in [-0.25, -0.2) is 0 Å². The molecule has 0 aromatic heterocycles. The minimum atomic E-state index is -0.906. The van der Waals surface area contributed by atoms with E-state index >= 15 is 0 Å². The van der Waals surface area contributed by atoms with Crippen molar-refractivity contribution < 1.29 is 29.2 Å². The van der Waals surface area contributed by atoms with Gasteiger partial charge in [-0.15, -0.1) is 0 Å². The highest BCUT2D eigenvalue weighted by Gasteiger charge is 2.54. The van der Waals surface area contributed by atoms with E-state index in [1.165, 1.54) is 0 Å². The summed E-state index contributed by atoms with van der Waals surface area (Å²) in [7, 11) is 0. The van der Waals surface area contributed by atoms with Crippen molar-refractivity contribution in [3.63, 3.8) is 0 Å². The van der Waals surface area contributed by atoms with E-state index in [0.717, 1.165) is 56.9 Å². The van der Waals surface area contributed by atoms with E-state index < -0.39 is 17.3 Å². The van der Waals surface area contributed by atoms with Crippen molar-refractivity contribution in [2.45, 2.75) is 176 Å². The van der Waals surface area contributed by atoms with E-state index in [0.29, 0.717) is 17.7 Å². The van der Waals surface area contributed by atoms with Crippen LogP contribution < -0.4 is 0 Å². The van der Waals surface area contributed by atoms with Crippen molar-refractivity contribution >= 4 is 15.9 Å². The zero-order valence-electron chi connectivity index (χ0n) is 24.1. The maximum absolute atomic E-state index is 11.0. The number of alkyl halides is 1. The fourth-order valence-corrected chi connectivity index (χ4v) is 7.34. The molecule has 9 atom stereocenters. The van der Waals surface area contributed by atoms with Crippen LogP contribution in [0.5, 0.6) is 0 Å². The molecule has 0 radical (unpaired) electrons. The van der Waals surface area contributed by atoms with Crippen molar-refractivity contribution in [3.05, 3.63) is 12.2 Å². The Bertz CT molecular complexity index is 840. The summed E-state index contributed by atoms with van der Waals surface area (Å²) in [5, 5.41) is 21.3. The molecule has 4 fully saturated rings. The Hall–Kier alpha value is -0.0200. The quantitative estimate of drug-likeness (QED) is 0.282. The Labute approximate surface area is 233 Å². The minimum Gasteiger partial charge on any atom is -0.390 e. The second-order valence-electron chi connectivity index (χ2n) is 14.0. The van der Waals surface area contributed by atoms with Gasteiger partial charge in [-0.2, -0.15) is 0 Å². The van der Waals surface area contributed by atoms with Crippen LogP contribution >= 0.6 is 15.9 Å².